The van der Waals surface area contributed by atoms with Gasteiger partial charge in [-0.05, 0) is 18.4 Å². The van der Waals surface area contributed by atoms with Crippen LogP contribution in [0.25, 0.3) is 5.65 Å². The van der Waals surface area contributed by atoms with Gasteiger partial charge in [0.25, 0.3) is 0 Å². The Morgan fingerprint density at radius 3 is 2.79 bits per heavy atom. The maximum Gasteiger partial charge on any atom is 0.158 e. The number of aromatic nitrogens is 3. The molecule has 0 atom stereocenters. The van der Waals surface area contributed by atoms with Gasteiger partial charge in [0.2, 0.25) is 0 Å². The van der Waals surface area contributed by atoms with Gasteiger partial charge < -0.3 is 0 Å². The molecule has 2 rings (SSSR count). The molecule has 0 aliphatic carbocycles. The van der Waals surface area contributed by atoms with Crippen molar-refractivity contribution in [2.24, 2.45) is 0 Å². The van der Waals surface area contributed by atoms with Crippen LogP contribution in [-0.2, 0) is 5.41 Å². The van der Waals surface area contributed by atoms with Gasteiger partial charge in [-0.1, -0.05) is 20.8 Å². The molecule has 74 valence electrons. The van der Waals surface area contributed by atoms with E-state index >= 15 is 0 Å². The molecule has 0 saturated carbocycles. The van der Waals surface area contributed by atoms with Crippen molar-refractivity contribution >= 4 is 5.65 Å². The Balaban J connectivity index is 2.82. The highest BCUT2D eigenvalue weighted by Crippen LogP contribution is 2.27. The van der Waals surface area contributed by atoms with E-state index in [9.17, 15) is 0 Å². The van der Waals surface area contributed by atoms with E-state index < -0.39 is 0 Å². The smallest absolute Gasteiger partial charge is 0.158 e. The summed E-state index contributed by atoms with van der Waals surface area (Å²) in [5.41, 5.74) is 2.91. The molecule has 3 heteroatoms. The third kappa shape index (κ3) is 1.29. The summed E-state index contributed by atoms with van der Waals surface area (Å²) in [4.78, 5) is 4.23. The summed E-state index contributed by atoms with van der Waals surface area (Å²) >= 11 is 0. The van der Waals surface area contributed by atoms with Crippen LogP contribution in [0.5, 0.6) is 0 Å². The molecule has 0 aromatic carbocycles. The lowest BCUT2D eigenvalue weighted by Crippen LogP contribution is -2.12. The minimum atomic E-state index is 0.00657. The van der Waals surface area contributed by atoms with Gasteiger partial charge in [0.15, 0.2) is 5.65 Å². The van der Waals surface area contributed by atoms with Crippen LogP contribution in [0, 0.1) is 6.92 Å². The van der Waals surface area contributed by atoms with E-state index in [4.69, 9.17) is 1.37 Å². The summed E-state index contributed by atoms with van der Waals surface area (Å²) in [7, 11) is 0. The number of nitrogens with zero attached hydrogens (tertiary/aromatic N) is 3. The predicted octanol–water partition coefficient (Wildman–Crippen LogP) is 2.34. The normalized spacial score (nSPS) is 13.3. The first-order chi connectivity index (χ1) is 6.89. The Labute approximate surface area is 85.2 Å². The molecular formula is C11H15N3. The quantitative estimate of drug-likeness (QED) is 0.638. The van der Waals surface area contributed by atoms with Crippen LogP contribution in [0.1, 0.15) is 33.4 Å². The number of rotatable bonds is 0. The fourth-order valence-corrected chi connectivity index (χ4v) is 1.83. The average Bonchev–Trinajstić information content (AvgIpc) is 2.38. The predicted molar refractivity (Wildman–Crippen MR) is 56.4 cm³/mol. The van der Waals surface area contributed by atoms with Crippen LogP contribution in [-0.4, -0.2) is 14.6 Å². The topological polar surface area (TPSA) is 30.2 Å². The first-order valence-corrected chi connectivity index (χ1v) is 4.72. The molecule has 14 heavy (non-hydrogen) atoms. The molecule has 2 aromatic rings. The van der Waals surface area contributed by atoms with Gasteiger partial charge in [0.05, 0.1) is 7.06 Å². The van der Waals surface area contributed by atoms with Crippen molar-refractivity contribution in [2.45, 2.75) is 33.1 Å². The van der Waals surface area contributed by atoms with Crippen LogP contribution in [0.2, 0.25) is 0 Å². The van der Waals surface area contributed by atoms with Crippen molar-refractivity contribution in [3.8, 4) is 0 Å². The summed E-state index contributed by atoms with van der Waals surface area (Å²) in [6.45, 7) is 8.39. The molecule has 0 N–H and O–H groups in total. The van der Waals surface area contributed by atoms with E-state index in [-0.39, 0.29) is 11.6 Å². The van der Waals surface area contributed by atoms with Gasteiger partial charge >= 0.3 is 0 Å². The molecule has 0 bridgehead atoms. The molecule has 0 amide bonds. The van der Waals surface area contributed by atoms with E-state index in [1.807, 2.05) is 6.92 Å². The van der Waals surface area contributed by atoms with E-state index in [1.54, 1.807) is 16.8 Å². The Kier molecular flexibility index (Phi) is 1.60. The summed E-state index contributed by atoms with van der Waals surface area (Å²) in [5, 5.41) is 4.39. The second-order valence-corrected chi connectivity index (χ2v) is 4.54. The van der Waals surface area contributed by atoms with E-state index in [1.165, 1.54) is 0 Å². The van der Waals surface area contributed by atoms with Gasteiger partial charge in [-0.2, -0.15) is 5.10 Å². The Hall–Kier alpha value is -1.38. The molecule has 0 fully saturated rings. The summed E-state index contributed by atoms with van der Waals surface area (Å²) in [6, 6.07) is 1.64. The van der Waals surface area contributed by atoms with Crippen molar-refractivity contribution in [1.29, 1.82) is 0 Å². The van der Waals surface area contributed by atoms with E-state index in [0.29, 0.717) is 0 Å². The monoisotopic (exact) mass is 190 g/mol. The fourth-order valence-electron chi connectivity index (χ4n) is 1.83. The van der Waals surface area contributed by atoms with Gasteiger partial charge in [-0.15, -0.1) is 0 Å². The first-order valence-electron chi connectivity index (χ1n) is 5.22. The summed E-state index contributed by atoms with van der Waals surface area (Å²) in [5.74, 6) is 0. The van der Waals surface area contributed by atoms with E-state index in [2.05, 4.69) is 30.9 Å². The molecular weight excluding hydrogens is 174 g/mol. The fraction of sp³-hybridized carbons (Fsp3) is 0.455. The lowest BCUT2D eigenvalue weighted by Gasteiger charge is -2.17. The Bertz CT molecular complexity index is 508. The highest BCUT2D eigenvalue weighted by atomic mass is 15.2. The molecule has 2 aromatic heterocycles. The number of fused-ring (bicyclic) bond motifs is 1. The van der Waals surface area contributed by atoms with Gasteiger partial charge in [0, 0.05) is 17.9 Å². The maximum atomic E-state index is 7.54. The Morgan fingerprint density at radius 1 is 1.43 bits per heavy atom. The van der Waals surface area contributed by atoms with Crippen molar-refractivity contribution < 1.29 is 1.37 Å². The zero-order valence-electron chi connectivity index (χ0n) is 10.00. The van der Waals surface area contributed by atoms with Gasteiger partial charge in [-0.25, -0.2) is 9.50 Å². The van der Waals surface area contributed by atoms with Crippen LogP contribution in [0.15, 0.2) is 18.4 Å². The summed E-state index contributed by atoms with van der Waals surface area (Å²) in [6.07, 6.45) is 2.07. The van der Waals surface area contributed by atoms with Crippen LogP contribution >= 0.6 is 0 Å². The van der Waals surface area contributed by atoms with Gasteiger partial charge in [-0.3, -0.25) is 0 Å². The SMILES string of the molecule is [2H]c1ccn2nc(C)c(C(C)(C)C)c2n1. The Morgan fingerprint density at radius 2 is 2.14 bits per heavy atom. The highest BCUT2D eigenvalue weighted by molar-refractivity contribution is 5.53. The molecule has 2 heterocycles. The molecule has 0 spiro atoms. The second kappa shape index (κ2) is 2.80. The summed E-state index contributed by atoms with van der Waals surface area (Å²) < 4.78 is 9.28. The third-order valence-corrected chi connectivity index (χ3v) is 2.27. The van der Waals surface area contributed by atoms with Gasteiger partial charge in [0.1, 0.15) is 0 Å². The zero-order chi connectivity index (χ0) is 11.2. The van der Waals surface area contributed by atoms with Crippen molar-refractivity contribution in [3.05, 3.63) is 29.7 Å². The van der Waals surface area contributed by atoms with Crippen LogP contribution in [0.4, 0.5) is 0 Å². The van der Waals surface area contributed by atoms with Crippen LogP contribution < -0.4 is 0 Å². The second-order valence-electron chi connectivity index (χ2n) is 4.54. The van der Waals surface area contributed by atoms with Crippen molar-refractivity contribution in [3.63, 3.8) is 0 Å². The lowest BCUT2D eigenvalue weighted by molar-refractivity contribution is 0.590. The zero-order valence-corrected chi connectivity index (χ0v) is 9.00. The van der Waals surface area contributed by atoms with Crippen molar-refractivity contribution in [2.75, 3.05) is 0 Å². The number of hydrogen-bond acceptors (Lipinski definition) is 2. The molecule has 0 unspecified atom stereocenters. The molecule has 3 nitrogen and oxygen atoms in total. The molecule has 0 aliphatic rings. The minimum absolute atomic E-state index is 0.00657. The third-order valence-electron chi connectivity index (χ3n) is 2.27. The standard InChI is InChI=1S/C11H15N3/c1-8-9(11(2,3)4)10-12-6-5-7-14(10)13-8/h5-7H,1-4H3/i6D. The largest absolute Gasteiger partial charge is 0.237 e. The van der Waals surface area contributed by atoms with Crippen LogP contribution in [0.3, 0.4) is 0 Å². The first kappa shape index (κ1) is 7.97. The molecule has 0 aliphatic heterocycles. The minimum Gasteiger partial charge on any atom is -0.237 e. The molecule has 0 saturated heterocycles. The maximum absolute atomic E-state index is 7.54. The molecule has 0 radical (unpaired) electrons. The number of aryl methyl sites for hydroxylation is 1. The van der Waals surface area contributed by atoms with E-state index in [0.717, 1.165) is 16.9 Å². The van der Waals surface area contributed by atoms with Crippen molar-refractivity contribution in [1.82, 2.24) is 14.6 Å². The lowest BCUT2D eigenvalue weighted by atomic mass is 9.87. The number of hydrogen-bond donors (Lipinski definition) is 0. The highest BCUT2D eigenvalue weighted by Gasteiger charge is 2.22. The average molecular weight is 190 g/mol.